The van der Waals surface area contributed by atoms with Crippen molar-refractivity contribution in [3.05, 3.63) is 78.3 Å². The van der Waals surface area contributed by atoms with Crippen molar-refractivity contribution >= 4 is 0 Å². The van der Waals surface area contributed by atoms with Crippen molar-refractivity contribution in [3.63, 3.8) is 0 Å². The van der Waals surface area contributed by atoms with E-state index in [1.807, 2.05) is 25.1 Å². The molecular formula is C21H19FN6O. The van der Waals surface area contributed by atoms with Gasteiger partial charge in [0.15, 0.2) is 17.4 Å². The normalized spacial score (nSPS) is 10.9. The van der Waals surface area contributed by atoms with Crippen molar-refractivity contribution in [2.45, 2.75) is 13.3 Å². The van der Waals surface area contributed by atoms with Crippen LogP contribution in [0.5, 0.6) is 11.5 Å². The molecule has 29 heavy (non-hydrogen) atoms. The molecule has 4 aromatic rings. The van der Waals surface area contributed by atoms with Crippen LogP contribution in [-0.2, 0) is 6.42 Å². The molecule has 0 bridgehead atoms. The molecule has 146 valence electrons. The van der Waals surface area contributed by atoms with Crippen LogP contribution in [0.2, 0.25) is 0 Å². The Morgan fingerprint density at radius 3 is 2.59 bits per heavy atom. The first-order valence-corrected chi connectivity index (χ1v) is 9.10. The van der Waals surface area contributed by atoms with Crippen LogP contribution in [0.4, 0.5) is 4.39 Å². The Kier molecular flexibility index (Phi) is 5.26. The SMILES string of the molecule is Cc1c(Oc2cc(F)ccc2-c2ncc(CCN)cn2)cnn1-c1ccccn1. The predicted molar refractivity (Wildman–Crippen MR) is 106 cm³/mol. The van der Waals surface area contributed by atoms with Gasteiger partial charge < -0.3 is 10.5 Å². The van der Waals surface area contributed by atoms with Gasteiger partial charge in [0, 0.05) is 24.7 Å². The first kappa shape index (κ1) is 18.7. The van der Waals surface area contributed by atoms with Crippen LogP contribution in [0, 0.1) is 12.7 Å². The minimum atomic E-state index is -0.418. The smallest absolute Gasteiger partial charge is 0.168 e. The van der Waals surface area contributed by atoms with E-state index in [4.69, 9.17) is 10.5 Å². The zero-order chi connectivity index (χ0) is 20.2. The number of benzene rings is 1. The first-order valence-electron chi connectivity index (χ1n) is 9.10. The van der Waals surface area contributed by atoms with Gasteiger partial charge in [0.25, 0.3) is 0 Å². The molecule has 3 aromatic heterocycles. The highest BCUT2D eigenvalue weighted by molar-refractivity contribution is 5.64. The summed E-state index contributed by atoms with van der Waals surface area (Å²) in [5.41, 5.74) is 7.82. The number of rotatable bonds is 6. The van der Waals surface area contributed by atoms with Gasteiger partial charge in [-0.15, -0.1) is 0 Å². The Labute approximate surface area is 167 Å². The monoisotopic (exact) mass is 390 g/mol. The molecule has 0 saturated heterocycles. The molecule has 0 aliphatic rings. The number of hydrogen-bond donors (Lipinski definition) is 1. The lowest BCUT2D eigenvalue weighted by molar-refractivity contribution is 0.474. The average molecular weight is 390 g/mol. The Bertz CT molecular complexity index is 1110. The molecule has 0 unspecified atom stereocenters. The van der Waals surface area contributed by atoms with Crippen LogP contribution in [0.3, 0.4) is 0 Å². The third-order valence-corrected chi connectivity index (χ3v) is 4.37. The van der Waals surface area contributed by atoms with Gasteiger partial charge in [-0.25, -0.2) is 24.0 Å². The van der Waals surface area contributed by atoms with Crippen molar-refractivity contribution in [3.8, 4) is 28.7 Å². The number of nitrogens with two attached hydrogens (primary N) is 1. The third kappa shape index (κ3) is 3.97. The summed E-state index contributed by atoms with van der Waals surface area (Å²) < 4.78 is 21.6. The molecule has 7 nitrogen and oxygen atoms in total. The summed E-state index contributed by atoms with van der Waals surface area (Å²) in [5, 5.41) is 4.33. The molecule has 0 aliphatic carbocycles. The number of pyridine rings is 1. The number of ether oxygens (including phenoxy) is 1. The molecule has 1 aromatic carbocycles. The Hall–Kier alpha value is -3.65. The largest absolute Gasteiger partial charge is 0.453 e. The predicted octanol–water partition coefficient (Wildman–Crippen LogP) is 3.47. The average Bonchev–Trinajstić information content (AvgIpc) is 3.10. The maximum atomic E-state index is 13.9. The lowest BCUT2D eigenvalue weighted by Crippen LogP contribution is -2.04. The molecule has 2 N–H and O–H groups in total. The van der Waals surface area contributed by atoms with Gasteiger partial charge in [-0.3, -0.25) is 0 Å². The van der Waals surface area contributed by atoms with E-state index in [0.29, 0.717) is 41.7 Å². The van der Waals surface area contributed by atoms with E-state index in [0.717, 1.165) is 11.3 Å². The number of aromatic nitrogens is 5. The van der Waals surface area contributed by atoms with E-state index in [1.165, 1.54) is 12.1 Å². The Balaban J connectivity index is 1.68. The van der Waals surface area contributed by atoms with Crippen LogP contribution >= 0.6 is 0 Å². The van der Waals surface area contributed by atoms with E-state index in [-0.39, 0.29) is 0 Å². The fourth-order valence-electron chi connectivity index (χ4n) is 2.88. The summed E-state index contributed by atoms with van der Waals surface area (Å²) >= 11 is 0. The summed E-state index contributed by atoms with van der Waals surface area (Å²) in [5.74, 6) is 1.48. The summed E-state index contributed by atoms with van der Waals surface area (Å²) in [6.07, 6.45) is 7.38. The molecule has 0 fully saturated rings. The lowest BCUT2D eigenvalue weighted by Gasteiger charge is -2.11. The molecule has 8 heteroatoms. The topological polar surface area (TPSA) is 91.7 Å². The van der Waals surface area contributed by atoms with Crippen LogP contribution in [0.25, 0.3) is 17.2 Å². The fraction of sp³-hybridized carbons (Fsp3) is 0.143. The minimum Gasteiger partial charge on any atom is -0.453 e. The number of halogens is 1. The molecule has 0 atom stereocenters. The second-order valence-corrected chi connectivity index (χ2v) is 6.39. The second kappa shape index (κ2) is 8.15. The molecule has 3 heterocycles. The quantitative estimate of drug-likeness (QED) is 0.542. The molecule has 0 aliphatic heterocycles. The van der Waals surface area contributed by atoms with E-state index in [9.17, 15) is 4.39 Å². The zero-order valence-corrected chi connectivity index (χ0v) is 15.8. The Morgan fingerprint density at radius 2 is 1.86 bits per heavy atom. The van der Waals surface area contributed by atoms with Gasteiger partial charge in [0.1, 0.15) is 11.6 Å². The summed E-state index contributed by atoms with van der Waals surface area (Å²) in [6.45, 7) is 2.38. The third-order valence-electron chi connectivity index (χ3n) is 4.37. The van der Waals surface area contributed by atoms with Crippen molar-refractivity contribution in [2.75, 3.05) is 6.54 Å². The standard InChI is InChI=1S/C21H19FN6O/c1-14-19(13-27-28(14)20-4-2-3-9-24-20)29-18-10-16(22)5-6-17(18)21-25-11-15(7-8-23)12-26-21/h2-6,9-13H,7-8,23H2,1H3. The first-order chi connectivity index (χ1) is 14.2. The molecular weight excluding hydrogens is 371 g/mol. The van der Waals surface area contributed by atoms with Gasteiger partial charge in [-0.2, -0.15) is 5.10 Å². The van der Waals surface area contributed by atoms with E-state index < -0.39 is 5.82 Å². The van der Waals surface area contributed by atoms with Gasteiger partial charge in [0.05, 0.1) is 17.5 Å². The van der Waals surface area contributed by atoms with Crippen LogP contribution in [-0.4, -0.2) is 31.3 Å². The summed E-state index contributed by atoms with van der Waals surface area (Å²) in [7, 11) is 0. The van der Waals surface area contributed by atoms with Crippen molar-refractivity contribution in [1.82, 2.24) is 24.7 Å². The Morgan fingerprint density at radius 1 is 1.03 bits per heavy atom. The summed E-state index contributed by atoms with van der Waals surface area (Å²) in [6, 6.07) is 9.81. The molecule has 4 rings (SSSR count). The van der Waals surface area contributed by atoms with Crippen molar-refractivity contribution in [1.29, 1.82) is 0 Å². The maximum absolute atomic E-state index is 13.9. The van der Waals surface area contributed by atoms with Crippen LogP contribution in [0.15, 0.2) is 61.2 Å². The molecule has 0 saturated carbocycles. The van der Waals surface area contributed by atoms with Gasteiger partial charge in [-0.1, -0.05) is 6.07 Å². The van der Waals surface area contributed by atoms with Gasteiger partial charge in [0.2, 0.25) is 0 Å². The molecule has 0 radical (unpaired) electrons. The highest BCUT2D eigenvalue weighted by Gasteiger charge is 2.16. The molecule has 0 amide bonds. The van der Waals surface area contributed by atoms with E-state index >= 15 is 0 Å². The fourth-order valence-corrected chi connectivity index (χ4v) is 2.88. The van der Waals surface area contributed by atoms with E-state index in [2.05, 4.69) is 20.1 Å². The number of hydrogen-bond acceptors (Lipinski definition) is 6. The second-order valence-electron chi connectivity index (χ2n) is 6.39. The summed E-state index contributed by atoms with van der Waals surface area (Å²) in [4.78, 5) is 13.0. The highest BCUT2D eigenvalue weighted by Crippen LogP contribution is 2.34. The van der Waals surface area contributed by atoms with Crippen molar-refractivity contribution in [2.24, 2.45) is 5.73 Å². The number of nitrogens with zero attached hydrogens (tertiary/aromatic N) is 5. The van der Waals surface area contributed by atoms with Crippen molar-refractivity contribution < 1.29 is 9.13 Å². The molecule has 0 spiro atoms. The van der Waals surface area contributed by atoms with E-state index in [1.54, 1.807) is 35.5 Å². The van der Waals surface area contributed by atoms with Gasteiger partial charge in [-0.05, 0) is 49.7 Å². The highest BCUT2D eigenvalue weighted by atomic mass is 19.1. The zero-order valence-electron chi connectivity index (χ0n) is 15.8. The lowest BCUT2D eigenvalue weighted by atomic mass is 10.1. The van der Waals surface area contributed by atoms with Gasteiger partial charge >= 0.3 is 0 Å². The van der Waals surface area contributed by atoms with Crippen LogP contribution < -0.4 is 10.5 Å². The van der Waals surface area contributed by atoms with Crippen LogP contribution in [0.1, 0.15) is 11.3 Å². The maximum Gasteiger partial charge on any atom is 0.168 e. The minimum absolute atomic E-state index is 0.306.